The third kappa shape index (κ3) is 3.11. The third-order valence-electron chi connectivity index (χ3n) is 5.32. The zero-order chi connectivity index (χ0) is 16.5. The Bertz CT molecular complexity index is 576. The van der Waals surface area contributed by atoms with Crippen molar-refractivity contribution in [2.75, 3.05) is 37.5 Å². The van der Waals surface area contributed by atoms with Crippen LogP contribution in [-0.2, 0) is 16.1 Å². The Hall–Kier alpha value is -1.35. The molecular weight excluding hydrogens is 328 g/mol. The van der Waals surface area contributed by atoms with Crippen molar-refractivity contribution < 1.29 is 9.53 Å². The molecule has 4 rings (SSSR count). The van der Waals surface area contributed by atoms with Crippen LogP contribution in [0.3, 0.4) is 0 Å². The molecule has 3 saturated heterocycles. The van der Waals surface area contributed by atoms with Crippen LogP contribution in [0.5, 0.6) is 0 Å². The molecule has 0 radical (unpaired) electrons. The Morgan fingerprint density at radius 1 is 1.25 bits per heavy atom. The normalized spacial score (nSPS) is 30.0. The van der Waals surface area contributed by atoms with Crippen LogP contribution >= 0.6 is 11.8 Å². The van der Waals surface area contributed by atoms with Crippen molar-refractivity contribution >= 4 is 23.6 Å². The number of thioether (sulfide) groups is 1. The first-order chi connectivity index (χ1) is 11.7. The zero-order valence-electron chi connectivity index (χ0n) is 14.0. The molecule has 9 heteroatoms. The van der Waals surface area contributed by atoms with E-state index in [-0.39, 0.29) is 12.5 Å². The standard InChI is InChI=1S/C15H24N6O2S/c1-24-13-8-11-2-3-12(9-13)21(11)14(22)10-20-17-15(16-18-20)19-4-6-23-7-5-19/h11-13H,2-10H2,1H3. The highest BCUT2D eigenvalue weighted by Gasteiger charge is 2.43. The second kappa shape index (κ2) is 6.87. The maximum atomic E-state index is 12.8. The summed E-state index contributed by atoms with van der Waals surface area (Å²) in [5.74, 6) is 0.725. The van der Waals surface area contributed by atoms with E-state index in [0.717, 1.165) is 38.8 Å². The average molecular weight is 352 g/mol. The summed E-state index contributed by atoms with van der Waals surface area (Å²) < 4.78 is 5.33. The van der Waals surface area contributed by atoms with E-state index >= 15 is 0 Å². The number of rotatable bonds is 4. The number of piperidine rings is 1. The van der Waals surface area contributed by atoms with Gasteiger partial charge in [-0.1, -0.05) is 5.10 Å². The summed E-state index contributed by atoms with van der Waals surface area (Å²) in [4.78, 5) is 18.4. The minimum Gasteiger partial charge on any atom is -0.378 e. The number of tetrazole rings is 1. The first kappa shape index (κ1) is 16.1. The van der Waals surface area contributed by atoms with Gasteiger partial charge in [0.15, 0.2) is 0 Å². The van der Waals surface area contributed by atoms with Crippen LogP contribution in [-0.4, -0.2) is 80.9 Å². The molecule has 3 aliphatic rings. The number of hydrogen-bond donors (Lipinski definition) is 0. The topological polar surface area (TPSA) is 76.4 Å². The maximum Gasteiger partial charge on any atom is 0.266 e. The van der Waals surface area contributed by atoms with E-state index < -0.39 is 0 Å². The summed E-state index contributed by atoms with van der Waals surface area (Å²) in [7, 11) is 0. The summed E-state index contributed by atoms with van der Waals surface area (Å²) in [5.41, 5.74) is 0. The second-order valence-corrected chi connectivity index (χ2v) is 7.87. The molecule has 4 heterocycles. The zero-order valence-corrected chi connectivity index (χ0v) is 14.8. The van der Waals surface area contributed by atoms with E-state index in [9.17, 15) is 4.79 Å². The van der Waals surface area contributed by atoms with Crippen LogP contribution in [0.4, 0.5) is 5.95 Å². The molecule has 2 atom stereocenters. The molecule has 0 aromatic carbocycles. The van der Waals surface area contributed by atoms with Gasteiger partial charge in [-0.05, 0) is 37.2 Å². The summed E-state index contributed by atoms with van der Waals surface area (Å²) in [6.45, 7) is 3.09. The Morgan fingerprint density at radius 3 is 2.62 bits per heavy atom. The van der Waals surface area contributed by atoms with E-state index in [0.29, 0.717) is 36.5 Å². The van der Waals surface area contributed by atoms with Crippen molar-refractivity contribution in [3.8, 4) is 0 Å². The number of morpholine rings is 1. The molecule has 1 amide bonds. The number of anilines is 1. The summed E-state index contributed by atoms with van der Waals surface area (Å²) in [5, 5.41) is 13.2. The van der Waals surface area contributed by atoms with Gasteiger partial charge in [-0.2, -0.15) is 16.6 Å². The number of amides is 1. The van der Waals surface area contributed by atoms with Gasteiger partial charge in [-0.15, -0.1) is 5.10 Å². The van der Waals surface area contributed by atoms with E-state index in [1.807, 2.05) is 16.7 Å². The average Bonchev–Trinajstić information content (AvgIpc) is 3.18. The van der Waals surface area contributed by atoms with E-state index in [2.05, 4.69) is 26.6 Å². The molecule has 1 aromatic heterocycles. The Labute approximate surface area is 145 Å². The molecule has 0 aliphatic carbocycles. The van der Waals surface area contributed by atoms with Crippen LogP contribution in [0.2, 0.25) is 0 Å². The van der Waals surface area contributed by atoms with Crippen molar-refractivity contribution in [1.29, 1.82) is 0 Å². The maximum absolute atomic E-state index is 12.8. The van der Waals surface area contributed by atoms with Crippen molar-refractivity contribution in [2.24, 2.45) is 0 Å². The fourth-order valence-corrected chi connectivity index (χ4v) is 4.95. The summed E-state index contributed by atoms with van der Waals surface area (Å²) in [6.07, 6.45) is 6.68. The largest absolute Gasteiger partial charge is 0.378 e. The molecule has 0 saturated carbocycles. The van der Waals surface area contributed by atoms with Gasteiger partial charge in [-0.3, -0.25) is 4.79 Å². The predicted octanol–water partition coefficient (Wildman–Crippen LogP) is 0.395. The lowest BCUT2D eigenvalue weighted by atomic mass is 10.0. The van der Waals surface area contributed by atoms with Crippen LogP contribution in [0, 0.1) is 0 Å². The van der Waals surface area contributed by atoms with Crippen molar-refractivity contribution in [3.63, 3.8) is 0 Å². The first-order valence-electron chi connectivity index (χ1n) is 8.69. The van der Waals surface area contributed by atoms with Gasteiger partial charge in [0.05, 0.1) is 13.2 Å². The molecule has 2 unspecified atom stereocenters. The smallest absolute Gasteiger partial charge is 0.266 e. The molecular formula is C15H24N6O2S. The number of carbonyl (C=O) groups excluding carboxylic acids is 1. The number of nitrogens with zero attached hydrogens (tertiary/aromatic N) is 6. The first-order valence-corrected chi connectivity index (χ1v) is 9.98. The van der Waals surface area contributed by atoms with Gasteiger partial charge in [0.1, 0.15) is 6.54 Å². The molecule has 24 heavy (non-hydrogen) atoms. The van der Waals surface area contributed by atoms with E-state index in [4.69, 9.17) is 4.74 Å². The number of carbonyl (C=O) groups is 1. The molecule has 1 aromatic rings. The fourth-order valence-electron chi connectivity index (χ4n) is 4.12. The minimum absolute atomic E-state index is 0.132. The van der Waals surface area contributed by atoms with Crippen molar-refractivity contribution in [2.45, 2.75) is 49.6 Å². The monoisotopic (exact) mass is 352 g/mol. The van der Waals surface area contributed by atoms with Crippen LogP contribution in [0.15, 0.2) is 0 Å². The van der Waals surface area contributed by atoms with E-state index in [1.165, 1.54) is 4.80 Å². The molecule has 0 N–H and O–H groups in total. The number of hydrogen-bond acceptors (Lipinski definition) is 7. The van der Waals surface area contributed by atoms with Gasteiger partial charge in [0.2, 0.25) is 5.91 Å². The summed E-state index contributed by atoms with van der Waals surface area (Å²) >= 11 is 1.94. The molecule has 8 nitrogen and oxygen atoms in total. The fraction of sp³-hybridized carbons (Fsp3) is 0.867. The highest BCUT2D eigenvalue weighted by Crippen LogP contribution is 2.39. The SMILES string of the molecule is CSC1CC2CCC(C1)N2C(=O)Cn1nnc(N2CCOCC2)n1. The highest BCUT2D eigenvalue weighted by molar-refractivity contribution is 7.99. The van der Waals surface area contributed by atoms with Gasteiger partial charge in [0.25, 0.3) is 5.95 Å². The van der Waals surface area contributed by atoms with Crippen LogP contribution in [0.1, 0.15) is 25.7 Å². The van der Waals surface area contributed by atoms with Gasteiger partial charge in [0, 0.05) is 30.4 Å². The number of aromatic nitrogens is 4. The second-order valence-electron chi connectivity index (χ2n) is 6.73. The molecule has 132 valence electrons. The van der Waals surface area contributed by atoms with Gasteiger partial charge in [-0.25, -0.2) is 0 Å². The quantitative estimate of drug-likeness (QED) is 0.776. The Balaban J connectivity index is 1.39. The van der Waals surface area contributed by atoms with Crippen LogP contribution < -0.4 is 4.90 Å². The lowest BCUT2D eigenvalue weighted by Crippen LogP contribution is -2.48. The molecule has 3 fully saturated rings. The highest BCUT2D eigenvalue weighted by atomic mass is 32.2. The summed E-state index contributed by atoms with van der Waals surface area (Å²) in [6, 6.07) is 0.798. The predicted molar refractivity (Wildman–Crippen MR) is 91.0 cm³/mol. The number of ether oxygens (including phenoxy) is 1. The van der Waals surface area contributed by atoms with Crippen molar-refractivity contribution in [1.82, 2.24) is 25.1 Å². The number of fused-ring (bicyclic) bond motifs is 2. The molecule has 0 spiro atoms. The third-order valence-corrected chi connectivity index (χ3v) is 6.38. The van der Waals surface area contributed by atoms with E-state index in [1.54, 1.807) is 0 Å². The van der Waals surface area contributed by atoms with Crippen molar-refractivity contribution in [3.05, 3.63) is 0 Å². The molecule has 3 aliphatic heterocycles. The van der Waals surface area contributed by atoms with Gasteiger partial charge < -0.3 is 14.5 Å². The molecule has 2 bridgehead atoms. The lowest BCUT2D eigenvalue weighted by Gasteiger charge is -2.38. The van der Waals surface area contributed by atoms with Crippen LogP contribution in [0.25, 0.3) is 0 Å². The minimum atomic E-state index is 0.132. The van der Waals surface area contributed by atoms with Gasteiger partial charge >= 0.3 is 0 Å². The Kier molecular flexibility index (Phi) is 4.62. The lowest BCUT2D eigenvalue weighted by molar-refractivity contribution is -0.136. The Morgan fingerprint density at radius 2 is 1.96 bits per heavy atom.